The lowest BCUT2D eigenvalue weighted by molar-refractivity contribution is 0.132. The highest BCUT2D eigenvalue weighted by Crippen LogP contribution is 2.25. The van der Waals surface area contributed by atoms with Crippen LogP contribution in [0.1, 0.15) is 6.92 Å². The van der Waals surface area contributed by atoms with E-state index in [1.807, 2.05) is 31.2 Å². The topological polar surface area (TPSA) is 50.7 Å². The van der Waals surface area contributed by atoms with Gasteiger partial charge in [0, 0.05) is 13.0 Å². The van der Waals surface area contributed by atoms with Crippen molar-refractivity contribution in [3.05, 3.63) is 24.3 Å². The third kappa shape index (κ3) is 3.91. The monoisotopic (exact) mass is 239 g/mol. The van der Waals surface area contributed by atoms with E-state index >= 15 is 0 Å². The summed E-state index contributed by atoms with van der Waals surface area (Å²) >= 11 is 0. The molecule has 0 heterocycles. The molecule has 0 aliphatic carbocycles. The van der Waals surface area contributed by atoms with E-state index in [1.54, 1.807) is 14.2 Å². The van der Waals surface area contributed by atoms with E-state index in [4.69, 9.17) is 9.47 Å². The maximum atomic E-state index is 9.39. The highest BCUT2D eigenvalue weighted by molar-refractivity contribution is 5.56. The number of aliphatic hydroxyl groups is 1. The number of anilines is 1. The van der Waals surface area contributed by atoms with Gasteiger partial charge in [0.2, 0.25) is 0 Å². The first-order valence-corrected chi connectivity index (χ1v) is 5.72. The molecule has 17 heavy (non-hydrogen) atoms. The van der Waals surface area contributed by atoms with Gasteiger partial charge in [-0.15, -0.1) is 0 Å². The smallest absolute Gasteiger partial charge is 0.141 e. The summed E-state index contributed by atoms with van der Waals surface area (Å²) in [5.74, 6) is 0.991. The number of aliphatic hydroxyl groups excluding tert-OH is 1. The number of nitrogens with one attached hydrogen (secondary N) is 1. The van der Waals surface area contributed by atoms with Crippen LogP contribution >= 0.6 is 0 Å². The lowest BCUT2D eigenvalue weighted by atomic mass is 10.0. The van der Waals surface area contributed by atoms with Crippen molar-refractivity contribution in [2.45, 2.75) is 13.0 Å². The van der Waals surface area contributed by atoms with E-state index in [0.717, 1.165) is 11.4 Å². The minimum absolute atomic E-state index is 0.0498. The minimum atomic E-state index is -0.0498. The third-order valence-corrected chi connectivity index (χ3v) is 2.76. The Kier molecular flexibility index (Phi) is 5.80. The van der Waals surface area contributed by atoms with E-state index in [9.17, 15) is 5.11 Å². The van der Waals surface area contributed by atoms with Gasteiger partial charge in [-0.25, -0.2) is 0 Å². The van der Waals surface area contributed by atoms with Crippen LogP contribution in [0.2, 0.25) is 0 Å². The van der Waals surface area contributed by atoms with E-state index in [0.29, 0.717) is 6.61 Å². The molecule has 1 aromatic carbocycles. The van der Waals surface area contributed by atoms with Crippen molar-refractivity contribution < 1.29 is 14.6 Å². The largest absolute Gasteiger partial charge is 0.495 e. The lowest BCUT2D eigenvalue weighted by Gasteiger charge is -2.24. The van der Waals surface area contributed by atoms with E-state index in [2.05, 4.69) is 5.32 Å². The van der Waals surface area contributed by atoms with E-state index < -0.39 is 0 Å². The molecule has 0 spiro atoms. The van der Waals surface area contributed by atoms with E-state index in [-0.39, 0.29) is 18.6 Å². The summed E-state index contributed by atoms with van der Waals surface area (Å²) in [5.41, 5.74) is 0.886. The third-order valence-electron chi connectivity index (χ3n) is 2.76. The van der Waals surface area contributed by atoms with Crippen LogP contribution in [-0.2, 0) is 4.74 Å². The molecule has 0 aliphatic heterocycles. The van der Waals surface area contributed by atoms with Gasteiger partial charge in [0.1, 0.15) is 5.75 Å². The SMILES string of the molecule is COCC(C)C(CO)Nc1ccccc1OC. The fourth-order valence-corrected chi connectivity index (χ4v) is 1.71. The number of methoxy groups -OCH3 is 2. The Labute approximate surface area is 103 Å². The maximum Gasteiger partial charge on any atom is 0.141 e. The molecule has 0 saturated carbocycles. The quantitative estimate of drug-likeness (QED) is 0.761. The van der Waals surface area contributed by atoms with Crippen molar-refractivity contribution in [3.8, 4) is 5.75 Å². The Balaban J connectivity index is 2.73. The summed E-state index contributed by atoms with van der Waals surface area (Å²) in [6, 6.07) is 7.61. The zero-order valence-electron chi connectivity index (χ0n) is 10.6. The van der Waals surface area contributed by atoms with Gasteiger partial charge in [-0.05, 0) is 12.1 Å². The molecule has 96 valence electrons. The second kappa shape index (κ2) is 7.14. The average Bonchev–Trinajstić information content (AvgIpc) is 2.36. The molecule has 2 unspecified atom stereocenters. The Bertz CT molecular complexity index is 330. The van der Waals surface area contributed by atoms with Gasteiger partial charge in [-0.1, -0.05) is 19.1 Å². The van der Waals surface area contributed by atoms with Crippen LogP contribution in [-0.4, -0.2) is 38.6 Å². The van der Waals surface area contributed by atoms with Crippen LogP contribution < -0.4 is 10.1 Å². The highest BCUT2D eigenvalue weighted by Gasteiger charge is 2.17. The molecule has 4 heteroatoms. The highest BCUT2D eigenvalue weighted by atomic mass is 16.5. The Morgan fingerprint density at radius 3 is 2.59 bits per heavy atom. The first kappa shape index (κ1) is 13.8. The molecule has 0 aliphatic rings. The Hall–Kier alpha value is -1.26. The summed E-state index contributed by atoms with van der Waals surface area (Å²) in [4.78, 5) is 0. The average molecular weight is 239 g/mol. The molecular formula is C13H21NO3. The van der Waals surface area contributed by atoms with Gasteiger partial charge in [0.05, 0.1) is 32.1 Å². The van der Waals surface area contributed by atoms with Crippen LogP contribution in [0.25, 0.3) is 0 Å². The molecule has 0 bridgehead atoms. The van der Waals surface area contributed by atoms with Gasteiger partial charge in [0.25, 0.3) is 0 Å². The Morgan fingerprint density at radius 2 is 2.00 bits per heavy atom. The fraction of sp³-hybridized carbons (Fsp3) is 0.538. The van der Waals surface area contributed by atoms with Crippen LogP contribution in [0.5, 0.6) is 5.75 Å². The predicted molar refractivity (Wildman–Crippen MR) is 68.5 cm³/mol. The predicted octanol–water partition coefficient (Wildman–Crippen LogP) is 1.75. The van der Waals surface area contributed by atoms with Gasteiger partial charge < -0.3 is 19.9 Å². The minimum Gasteiger partial charge on any atom is -0.495 e. The summed E-state index contributed by atoms with van der Waals surface area (Å²) in [5, 5.41) is 12.7. The Morgan fingerprint density at radius 1 is 1.29 bits per heavy atom. The van der Waals surface area contributed by atoms with Gasteiger partial charge in [0.15, 0.2) is 0 Å². The van der Waals surface area contributed by atoms with Crippen LogP contribution in [0.15, 0.2) is 24.3 Å². The molecule has 2 N–H and O–H groups in total. The number of para-hydroxylation sites is 2. The number of hydrogen-bond acceptors (Lipinski definition) is 4. The molecule has 0 amide bonds. The summed E-state index contributed by atoms with van der Waals surface area (Å²) in [6.45, 7) is 2.70. The van der Waals surface area contributed by atoms with E-state index in [1.165, 1.54) is 0 Å². The van der Waals surface area contributed by atoms with Gasteiger partial charge >= 0.3 is 0 Å². The van der Waals surface area contributed by atoms with Crippen molar-refractivity contribution in [2.75, 3.05) is 32.8 Å². The summed E-state index contributed by atoms with van der Waals surface area (Å²) in [7, 11) is 3.29. The first-order chi connectivity index (χ1) is 8.22. The molecule has 2 atom stereocenters. The molecule has 1 rings (SSSR count). The summed E-state index contributed by atoms with van der Waals surface area (Å²) in [6.07, 6.45) is 0. The molecule has 0 saturated heterocycles. The maximum absolute atomic E-state index is 9.39. The van der Waals surface area contributed by atoms with Crippen molar-refractivity contribution in [2.24, 2.45) is 5.92 Å². The van der Waals surface area contributed by atoms with Crippen molar-refractivity contribution >= 4 is 5.69 Å². The number of ether oxygens (including phenoxy) is 2. The van der Waals surface area contributed by atoms with Crippen LogP contribution in [0, 0.1) is 5.92 Å². The zero-order chi connectivity index (χ0) is 12.7. The van der Waals surface area contributed by atoms with Crippen molar-refractivity contribution in [1.29, 1.82) is 0 Å². The number of rotatable bonds is 7. The molecule has 4 nitrogen and oxygen atoms in total. The van der Waals surface area contributed by atoms with Crippen LogP contribution in [0.3, 0.4) is 0 Å². The second-order valence-corrected chi connectivity index (χ2v) is 4.07. The number of benzene rings is 1. The molecule has 0 radical (unpaired) electrons. The lowest BCUT2D eigenvalue weighted by Crippen LogP contribution is -2.33. The molecule has 0 fully saturated rings. The van der Waals surface area contributed by atoms with Gasteiger partial charge in [-0.2, -0.15) is 0 Å². The molecular weight excluding hydrogens is 218 g/mol. The van der Waals surface area contributed by atoms with Crippen LogP contribution in [0.4, 0.5) is 5.69 Å². The standard InChI is InChI=1S/C13H21NO3/c1-10(9-16-2)12(8-15)14-11-6-4-5-7-13(11)17-3/h4-7,10,12,14-15H,8-9H2,1-3H3. The second-order valence-electron chi connectivity index (χ2n) is 4.07. The molecule has 1 aromatic rings. The van der Waals surface area contributed by atoms with Gasteiger partial charge in [-0.3, -0.25) is 0 Å². The molecule has 0 aromatic heterocycles. The first-order valence-electron chi connectivity index (χ1n) is 5.72. The fourth-order valence-electron chi connectivity index (χ4n) is 1.71. The number of hydrogen-bond donors (Lipinski definition) is 2. The zero-order valence-corrected chi connectivity index (χ0v) is 10.6. The summed E-state index contributed by atoms with van der Waals surface area (Å²) < 4.78 is 10.4. The van der Waals surface area contributed by atoms with Crippen molar-refractivity contribution in [1.82, 2.24) is 0 Å². The normalized spacial score (nSPS) is 14.1. The van der Waals surface area contributed by atoms with Crippen molar-refractivity contribution in [3.63, 3.8) is 0 Å².